The smallest absolute Gasteiger partial charge is 0.279 e. The van der Waals surface area contributed by atoms with Crippen molar-refractivity contribution in [3.63, 3.8) is 0 Å². The summed E-state index contributed by atoms with van der Waals surface area (Å²) in [6, 6.07) is 6.92. The predicted molar refractivity (Wildman–Crippen MR) is 71.7 cm³/mol. The Labute approximate surface area is 110 Å². The lowest BCUT2D eigenvalue weighted by Gasteiger charge is -2.01. The Balaban J connectivity index is 2.10. The number of rotatable bonds is 3. The Bertz CT molecular complexity index is 476. The molecule has 95 valence electrons. The van der Waals surface area contributed by atoms with Gasteiger partial charge in [0.25, 0.3) is 5.91 Å². The van der Waals surface area contributed by atoms with E-state index in [1.807, 2.05) is 6.92 Å². The number of amidine groups is 1. The quantitative estimate of drug-likeness (QED) is 0.904. The Kier molecular flexibility index (Phi) is 4.22. The van der Waals surface area contributed by atoms with Crippen LogP contribution in [0.5, 0.6) is 5.75 Å². The normalized spacial score (nSPS) is 20.8. The zero-order chi connectivity index (χ0) is 13.0. The molecule has 6 heteroatoms. The summed E-state index contributed by atoms with van der Waals surface area (Å²) in [6.07, 6.45) is 0.931. The van der Waals surface area contributed by atoms with Gasteiger partial charge in [-0.3, -0.25) is 4.79 Å². The molecule has 1 aliphatic rings. The summed E-state index contributed by atoms with van der Waals surface area (Å²) in [5, 5.41) is 0.691. The molecule has 0 spiro atoms. The minimum atomic E-state index is -0.307. The van der Waals surface area contributed by atoms with Gasteiger partial charge in [-0.05, 0) is 24.6 Å². The van der Waals surface area contributed by atoms with Crippen molar-refractivity contribution in [3.8, 4) is 5.75 Å². The molecule has 1 aromatic rings. The lowest BCUT2D eigenvalue weighted by atomic mass is 10.2. The van der Waals surface area contributed by atoms with Gasteiger partial charge in [0.15, 0.2) is 0 Å². The van der Waals surface area contributed by atoms with Crippen LogP contribution in [0.4, 0.5) is 0 Å². The number of nitrogens with zero attached hydrogens (tertiary/aromatic N) is 2. The molecule has 1 fully saturated rings. The molecule has 0 aliphatic carbocycles. The highest BCUT2D eigenvalue weighted by atomic mass is 32.2. The average molecular weight is 264 g/mol. The first kappa shape index (κ1) is 12.9. The standard InChI is InChI=1S/C12H14N3O2S/c1-3-10-14-15-12(18-10)13-11(16)8-5-4-6-9(7-8)17-2/h4-7,10,14H,3H2,1-2H3. The van der Waals surface area contributed by atoms with Gasteiger partial charge in [0.05, 0.1) is 12.5 Å². The maximum atomic E-state index is 11.9. The van der Waals surface area contributed by atoms with Crippen LogP contribution in [-0.2, 0) is 0 Å². The monoisotopic (exact) mass is 264 g/mol. The zero-order valence-electron chi connectivity index (χ0n) is 10.2. The molecule has 0 aromatic heterocycles. The van der Waals surface area contributed by atoms with Gasteiger partial charge in [0.2, 0.25) is 5.17 Å². The van der Waals surface area contributed by atoms with E-state index >= 15 is 0 Å². The molecule has 1 amide bonds. The van der Waals surface area contributed by atoms with Crippen LogP contribution in [0.25, 0.3) is 0 Å². The molecule has 5 nitrogen and oxygen atoms in total. The van der Waals surface area contributed by atoms with Crippen LogP contribution < -0.4 is 15.6 Å². The van der Waals surface area contributed by atoms with Gasteiger partial charge in [0.1, 0.15) is 5.75 Å². The van der Waals surface area contributed by atoms with E-state index in [9.17, 15) is 4.79 Å². The van der Waals surface area contributed by atoms with E-state index in [0.29, 0.717) is 16.5 Å². The Morgan fingerprint density at radius 3 is 3.11 bits per heavy atom. The molecule has 1 N–H and O–H groups in total. The summed E-state index contributed by atoms with van der Waals surface area (Å²) < 4.78 is 5.07. The molecule has 0 saturated carbocycles. The molecule has 0 bridgehead atoms. The van der Waals surface area contributed by atoms with Gasteiger partial charge in [-0.2, -0.15) is 15.8 Å². The number of methoxy groups -OCH3 is 1. The second kappa shape index (κ2) is 5.88. The van der Waals surface area contributed by atoms with Gasteiger partial charge < -0.3 is 4.74 Å². The number of amides is 1. The van der Waals surface area contributed by atoms with Crippen molar-refractivity contribution in [3.05, 3.63) is 29.8 Å². The average Bonchev–Trinajstić information content (AvgIpc) is 2.86. The fourth-order valence-electron chi connectivity index (χ4n) is 1.44. The third-order valence-corrected chi connectivity index (χ3v) is 3.55. The van der Waals surface area contributed by atoms with Crippen molar-refractivity contribution in [2.45, 2.75) is 18.7 Å². The molecule has 1 aliphatic heterocycles. The van der Waals surface area contributed by atoms with Crippen LogP contribution in [0, 0.1) is 0 Å². The number of nitrogens with one attached hydrogen (secondary N) is 1. The van der Waals surface area contributed by atoms with E-state index in [1.165, 1.54) is 11.8 Å². The first-order chi connectivity index (χ1) is 8.72. The molecule has 1 atom stereocenters. The van der Waals surface area contributed by atoms with Crippen molar-refractivity contribution in [2.75, 3.05) is 7.11 Å². The highest BCUT2D eigenvalue weighted by Gasteiger charge is 2.21. The predicted octanol–water partition coefficient (Wildman–Crippen LogP) is 1.78. The van der Waals surface area contributed by atoms with Crippen molar-refractivity contribution < 1.29 is 9.53 Å². The largest absolute Gasteiger partial charge is 0.497 e. The van der Waals surface area contributed by atoms with Gasteiger partial charge in [-0.1, -0.05) is 24.8 Å². The SMILES string of the molecule is CCC1N[N]C(=NC(=O)c2cccc(OC)c2)S1. The van der Waals surface area contributed by atoms with E-state index in [2.05, 4.69) is 15.8 Å². The zero-order valence-corrected chi connectivity index (χ0v) is 11.0. The van der Waals surface area contributed by atoms with Crippen LogP contribution in [-0.4, -0.2) is 23.6 Å². The number of benzene rings is 1. The maximum absolute atomic E-state index is 11.9. The molecule has 1 saturated heterocycles. The van der Waals surface area contributed by atoms with Crippen molar-refractivity contribution in [1.82, 2.24) is 10.9 Å². The van der Waals surface area contributed by atoms with Crippen LogP contribution in [0.15, 0.2) is 29.3 Å². The number of hydrogen-bond acceptors (Lipinski definition) is 4. The van der Waals surface area contributed by atoms with Gasteiger partial charge in [-0.15, -0.1) is 0 Å². The van der Waals surface area contributed by atoms with Crippen molar-refractivity contribution in [2.24, 2.45) is 4.99 Å². The van der Waals surface area contributed by atoms with E-state index in [4.69, 9.17) is 4.74 Å². The summed E-state index contributed by atoms with van der Waals surface area (Å²) in [5.41, 5.74) is 7.42. The third kappa shape index (κ3) is 3.02. The van der Waals surface area contributed by atoms with Crippen LogP contribution >= 0.6 is 11.8 Å². The Morgan fingerprint density at radius 2 is 2.44 bits per heavy atom. The van der Waals surface area contributed by atoms with Crippen molar-refractivity contribution in [1.29, 1.82) is 0 Å². The summed E-state index contributed by atoms with van der Waals surface area (Å²) in [4.78, 5) is 15.9. The van der Waals surface area contributed by atoms with E-state index in [0.717, 1.165) is 6.42 Å². The molecule has 18 heavy (non-hydrogen) atoms. The Hall–Kier alpha value is -1.53. The van der Waals surface area contributed by atoms with E-state index in [-0.39, 0.29) is 11.3 Å². The molecule has 2 rings (SSSR count). The summed E-state index contributed by atoms with van der Waals surface area (Å²) in [6.45, 7) is 2.05. The van der Waals surface area contributed by atoms with Crippen LogP contribution in [0.1, 0.15) is 23.7 Å². The second-order valence-electron chi connectivity index (χ2n) is 3.69. The third-order valence-electron chi connectivity index (χ3n) is 2.44. The number of hydrogen-bond donors (Lipinski definition) is 1. The lowest BCUT2D eigenvalue weighted by molar-refractivity contribution is 0.100. The first-order valence-corrected chi connectivity index (χ1v) is 6.51. The van der Waals surface area contributed by atoms with Crippen LogP contribution in [0.2, 0.25) is 0 Å². The fourth-order valence-corrected chi connectivity index (χ4v) is 2.21. The molecule has 1 unspecified atom stereocenters. The molecule has 1 aromatic carbocycles. The van der Waals surface area contributed by atoms with Gasteiger partial charge >= 0.3 is 0 Å². The topological polar surface area (TPSA) is 64.8 Å². The molecule has 1 radical (unpaired) electrons. The highest BCUT2D eigenvalue weighted by Crippen LogP contribution is 2.19. The number of carbonyl (C=O) groups is 1. The molecular formula is C12H14N3O2S. The second-order valence-corrected chi connectivity index (χ2v) is 4.86. The minimum Gasteiger partial charge on any atom is -0.497 e. The van der Waals surface area contributed by atoms with Gasteiger partial charge in [-0.25, -0.2) is 0 Å². The van der Waals surface area contributed by atoms with Gasteiger partial charge in [0, 0.05) is 5.56 Å². The number of aliphatic imine (C=N–C) groups is 1. The van der Waals surface area contributed by atoms with E-state index in [1.54, 1.807) is 31.4 Å². The Morgan fingerprint density at radius 1 is 1.61 bits per heavy atom. The maximum Gasteiger partial charge on any atom is 0.279 e. The summed E-state index contributed by atoms with van der Waals surface area (Å²) >= 11 is 1.46. The number of carbonyl (C=O) groups excluding carboxylic acids is 1. The molecular weight excluding hydrogens is 250 g/mol. The highest BCUT2D eigenvalue weighted by molar-refractivity contribution is 8.14. The fraction of sp³-hybridized carbons (Fsp3) is 0.333. The number of ether oxygens (including phenoxy) is 1. The first-order valence-electron chi connectivity index (χ1n) is 5.63. The van der Waals surface area contributed by atoms with E-state index < -0.39 is 0 Å². The summed E-state index contributed by atoms with van der Waals surface area (Å²) in [5.74, 6) is 0.334. The van der Waals surface area contributed by atoms with Crippen molar-refractivity contribution >= 4 is 22.8 Å². The lowest BCUT2D eigenvalue weighted by Crippen LogP contribution is -2.24. The van der Waals surface area contributed by atoms with Crippen LogP contribution in [0.3, 0.4) is 0 Å². The summed E-state index contributed by atoms with van der Waals surface area (Å²) in [7, 11) is 1.56. The number of thioether (sulfide) groups is 1. The molecule has 1 heterocycles. The minimum absolute atomic E-state index is 0.210.